The predicted octanol–water partition coefficient (Wildman–Crippen LogP) is 2.58. The van der Waals surface area contributed by atoms with Crippen LogP contribution < -0.4 is 18.9 Å². The second-order valence-electron chi connectivity index (χ2n) is 3.83. The van der Waals surface area contributed by atoms with Gasteiger partial charge in [-0.2, -0.15) is 12.8 Å². The zero-order valence-electron chi connectivity index (χ0n) is 11.8. The fourth-order valence-electron chi connectivity index (χ4n) is 1.21. The Balaban J connectivity index is -0.0000000800. The van der Waals surface area contributed by atoms with Gasteiger partial charge in [-0.25, -0.2) is 0 Å². The molecule has 0 aliphatic rings. The Kier molecular flexibility index (Phi) is 48.1. The summed E-state index contributed by atoms with van der Waals surface area (Å²) in [5, 5.41) is 0. The van der Waals surface area contributed by atoms with E-state index >= 15 is 0 Å². The zero-order chi connectivity index (χ0) is 11.1. The largest absolute Gasteiger partial charge is 1.00 e. The van der Waals surface area contributed by atoms with E-state index in [0.717, 1.165) is 12.8 Å². The van der Waals surface area contributed by atoms with E-state index < -0.39 is 0 Å². The van der Waals surface area contributed by atoms with Crippen LogP contribution in [0.25, 0.3) is 0 Å². The summed E-state index contributed by atoms with van der Waals surface area (Å²) < 4.78 is 0. The van der Waals surface area contributed by atoms with Gasteiger partial charge in [0, 0.05) is 0 Å². The minimum Gasteiger partial charge on any atom is -0.343 e. The van der Waals surface area contributed by atoms with Crippen molar-refractivity contribution in [2.75, 3.05) is 0 Å². The average molecular weight is 269 g/mol. The summed E-state index contributed by atoms with van der Waals surface area (Å²) >= 11 is 0. The predicted molar refractivity (Wildman–Crippen MR) is 68.2 cm³/mol. The topological polar surface area (TPSA) is 0 Å². The first kappa shape index (κ1) is 25.8. The van der Waals surface area contributed by atoms with Gasteiger partial charge in [-0.05, 0) is 0 Å². The van der Waals surface area contributed by atoms with Crippen molar-refractivity contribution in [2.24, 2.45) is 0 Å². The smallest absolute Gasteiger partial charge is 0.343 e. The molecule has 0 fully saturated rings. The van der Waals surface area contributed by atoms with Gasteiger partial charge in [0.1, 0.15) is 0 Å². The fraction of sp³-hybridized carbons (Fsp3) is 0.857. The molecular weight excluding hydrogens is 239 g/mol. The first-order chi connectivity index (χ1) is 6.83. The molecule has 0 aromatic carbocycles. The van der Waals surface area contributed by atoms with Gasteiger partial charge in [0.25, 0.3) is 0 Å². The van der Waals surface area contributed by atoms with Crippen LogP contribution in [0.4, 0.5) is 0 Å². The van der Waals surface area contributed by atoms with Crippen LogP contribution in [0.15, 0.2) is 0 Å². The third-order valence-corrected chi connectivity index (χ3v) is 2.21. The maximum Gasteiger partial charge on any atom is 1.00 e. The molecule has 0 rings (SSSR count). The molecule has 0 aliphatic carbocycles. The SMILES string of the molecule is [CH2-]CCCCCC.[CH2-]CCCCCC.[Cu+].[Li+]. The summed E-state index contributed by atoms with van der Waals surface area (Å²) in [5.74, 6) is 0. The molecule has 0 heterocycles. The summed E-state index contributed by atoms with van der Waals surface area (Å²) in [6, 6.07) is 0. The van der Waals surface area contributed by atoms with E-state index in [1.54, 1.807) is 0 Å². The van der Waals surface area contributed by atoms with Crippen molar-refractivity contribution in [1.29, 1.82) is 0 Å². The van der Waals surface area contributed by atoms with E-state index in [2.05, 4.69) is 27.7 Å². The van der Waals surface area contributed by atoms with Crippen LogP contribution in [-0.4, -0.2) is 0 Å². The zero-order valence-corrected chi connectivity index (χ0v) is 12.7. The number of hydrogen-bond acceptors (Lipinski definition) is 0. The van der Waals surface area contributed by atoms with E-state index in [-0.39, 0.29) is 35.9 Å². The summed E-state index contributed by atoms with van der Waals surface area (Å²) in [7, 11) is 0. The normalized spacial score (nSPS) is 8.25. The van der Waals surface area contributed by atoms with Gasteiger partial charge in [-0.15, -0.1) is 0 Å². The van der Waals surface area contributed by atoms with Crippen molar-refractivity contribution in [3.8, 4) is 0 Å². The first-order valence-corrected chi connectivity index (χ1v) is 6.41. The van der Waals surface area contributed by atoms with Crippen molar-refractivity contribution >= 4 is 0 Å². The van der Waals surface area contributed by atoms with E-state index in [1.165, 1.54) is 51.4 Å². The van der Waals surface area contributed by atoms with Crippen LogP contribution in [0.2, 0.25) is 0 Å². The number of hydrogen-bond donors (Lipinski definition) is 0. The molecule has 2 heteroatoms. The monoisotopic (exact) mass is 268 g/mol. The van der Waals surface area contributed by atoms with Crippen molar-refractivity contribution < 1.29 is 35.9 Å². The van der Waals surface area contributed by atoms with Crippen molar-refractivity contribution in [3.63, 3.8) is 0 Å². The third-order valence-electron chi connectivity index (χ3n) is 2.21. The molecule has 0 saturated heterocycles. The molecule has 0 aromatic heterocycles. The Hall–Kier alpha value is 1.12. The minimum atomic E-state index is 0. The molecule has 0 aromatic rings. The van der Waals surface area contributed by atoms with Crippen LogP contribution in [0.3, 0.4) is 0 Å². The maximum atomic E-state index is 3.76. The van der Waals surface area contributed by atoms with Gasteiger partial charge >= 0.3 is 35.9 Å². The summed E-state index contributed by atoms with van der Waals surface area (Å²) in [6.07, 6.45) is 13.0. The Morgan fingerprint density at radius 1 is 0.625 bits per heavy atom. The minimum absolute atomic E-state index is 0. The summed E-state index contributed by atoms with van der Waals surface area (Å²) in [6.45, 7) is 12.0. The standard InChI is InChI=1S/2C7H15.Cu.Li/c2*1-3-5-7-6-4-2;;/h2*1,3-7H2,2H3;;/q2*-1;2*+1. The Morgan fingerprint density at radius 2 is 0.938 bits per heavy atom. The van der Waals surface area contributed by atoms with Crippen molar-refractivity contribution in [2.45, 2.75) is 78.1 Å². The summed E-state index contributed by atoms with van der Waals surface area (Å²) in [5.41, 5.74) is 0. The third kappa shape index (κ3) is 36.2. The van der Waals surface area contributed by atoms with E-state index in [4.69, 9.17) is 0 Å². The molecule has 16 heavy (non-hydrogen) atoms. The second kappa shape index (κ2) is 29.8. The van der Waals surface area contributed by atoms with E-state index in [0.29, 0.717) is 0 Å². The molecular formula is C14H30CuLi. The molecule has 0 atom stereocenters. The molecule has 0 spiro atoms. The van der Waals surface area contributed by atoms with Gasteiger partial charge in [-0.3, -0.25) is 0 Å². The second-order valence-corrected chi connectivity index (χ2v) is 3.83. The van der Waals surface area contributed by atoms with Crippen LogP contribution in [0, 0.1) is 13.8 Å². The van der Waals surface area contributed by atoms with E-state index in [1.807, 2.05) is 0 Å². The first-order valence-electron chi connectivity index (χ1n) is 6.41. The fourth-order valence-corrected chi connectivity index (χ4v) is 1.21. The Morgan fingerprint density at radius 3 is 1.12 bits per heavy atom. The quantitative estimate of drug-likeness (QED) is 0.361. The molecule has 0 N–H and O–H groups in total. The molecule has 0 bridgehead atoms. The van der Waals surface area contributed by atoms with Crippen LogP contribution in [0.1, 0.15) is 78.1 Å². The Bertz CT molecular complexity index is 59.1. The van der Waals surface area contributed by atoms with Gasteiger partial charge in [0.05, 0.1) is 0 Å². The van der Waals surface area contributed by atoms with Gasteiger partial charge in [0.2, 0.25) is 0 Å². The van der Waals surface area contributed by atoms with E-state index in [9.17, 15) is 0 Å². The molecule has 0 nitrogen and oxygen atoms in total. The molecule has 0 aliphatic heterocycles. The van der Waals surface area contributed by atoms with Crippen molar-refractivity contribution in [3.05, 3.63) is 13.8 Å². The molecule has 0 saturated carbocycles. The average Bonchev–Trinajstić information content (AvgIpc) is 2.21. The van der Waals surface area contributed by atoms with Gasteiger partial charge < -0.3 is 13.8 Å². The summed E-state index contributed by atoms with van der Waals surface area (Å²) in [4.78, 5) is 0. The molecule has 0 radical (unpaired) electrons. The molecule has 0 unspecified atom stereocenters. The molecule has 98 valence electrons. The van der Waals surface area contributed by atoms with Crippen molar-refractivity contribution in [1.82, 2.24) is 0 Å². The maximum absolute atomic E-state index is 3.76. The molecule has 0 amide bonds. The van der Waals surface area contributed by atoms with Crippen LogP contribution in [0.5, 0.6) is 0 Å². The van der Waals surface area contributed by atoms with Crippen LogP contribution in [-0.2, 0) is 17.1 Å². The van der Waals surface area contributed by atoms with Gasteiger partial charge in [-0.1, -0.05) is 65.2 Å². The van der Waals surface area contributed by atoms with Gasteiger partial charge in [0.15, 0.2) is 0 Å². The number of unbranched alkanes of at least 4 members (excludes halogenated alkanes) is 8. The Labute approximate surface area is 127 Å². The van der Waals surface area contributed by atoms with Crippen LogP contribution >= 0.6 is 0 Å². The number of rotatable bonds is 8.